The molecule has 90 valence electrons. The molecule has 18 heavy (non-hydrogen) atoms. The molecule has 0 atom stereocenters. The van der Waals surface area contributed by atoms with Crippen LogP contribution in [-0.2, 0) is 4.74 Å². The summed E-state index contributed by atoms with van der Waals surface area (Å²) in [5, 5.41) is 14.9. The third-order valence-corrected chi connectivity index (χ3v) is 2.73. The zero-order valence-corrected chi connectivity index (χ0v) is 10.8. The highest BCUT2D eigenvalue weighted by Gasteiger charge is 2.11. The predicted octanol–water partition coefficient (Wildman–Crippen LogP) is 2.52. The first-order chi connectivity index (χ1) is 8.70. The molecule has 0 fully saturated rings. The smallest absolute Gasteiger partial charge is 0.357 e. The quantitative estimate of drug-likeness (QED) is 0.884. The van der Waals surface area contributed by atoms with E-state index in [-0.39, 0.29) is 12.3 Å². The Kier molecular flexibility index (Phi) is 3.75. The van der Waals surface area contributed by atoms with Crippen LogP contribution >= 0.6 is 15.9 Å². The summed E-state index contributed by atoms with van der Waals surface area (Å²) in [4.78, 5) is 11.5. The molecule has 0 unspecified atom stereocenters. The number of halogens is 1. The standard InChI is InChI=1S/C12H8BrN3O2/c13-9-3-1-8(2-4-9)10-7-11(16-15-10)12(17)18-6-5-14/h1-4,7H,6H2,(H,15,16). The van der Waals surface area contributed by atoms with Crippen molar-refractivity contribution < 1.29 is 9.53 Å². The topological polar surface area (TPSA) is 78.8 Å². The van der Waals surface area contributed by atoms with Gasteiger partial charge in [0.2, 0.25) is 0 Å². The van der Waals surface area contributed by atoms with Crippen LogP contribution in [0.1, 0.15) is 10.5 Å². The van der Waals surface area contributed by atoms with Gasteiger partial charge in [0, 0.05) is 10.0 Å². The van der Waals surface area contributed by atoms with E-state index in [4.69, 9.17) is 5.26 Å². The molecule has 0 aliphatic rings. The number of nitriles is 1. The van der Waals surface area contributed by atoms with E-state index in [1.54, 1.807) is 12.1 Å². The number of nitrogens with one attached hydrogen (secondary N) is 1. The fraction of sp³-hybridized carbons (Fsp3) is 0.0833. The Morgan fingerprint density at radius 3 is 2.83 bits per heavy atom. The number of carbonyl (C=O) groups excluding carboxylic acids is 1. The Morgan fingerprint density at radius 1 is 1.44 bits per heavy atom. The number of esters is 1. The van der Waals surface area contributed by atoms with Crippen molar-refractivity contribution in [3.8, 4) is 17.3 Å². The highest BCUT2D eigenvalue weighted by molar-refractivity contribution is 9.10. The first kappa shape index (κ1) is 12.3. The third kappa shape index (κ3) is 2.76. The van der Waals surface area contributed by atoms with Gasteiger partial charge in [-0.15, -0.1) is 0 Å². The van der Waals surface area contributed by atoms with Gasteiger partial charge >= 0.3 is 5.97 Å². The maximum atomic E-state index is 11.5. The van der Waals surface area contributed by atoms with Crippen LogP contribution in [0.2, 0.25) is 0 Å². The number of carbonyl (C=O) groups is 1. The highest BCUT2D eigenvalue weighted by atomic mass is 79.9. The van der Waals surface area contributed by atoms with Gasteiger partial charge in [-0.3, -0.25) is 5.10 Å². The molecule has 2 rings (SSSR count). The number of hydrogen-bond acceptors (Lipinski definition) is 4. The average Bonchev–Trinajstić information content (AvgIpc) is 2.86. The molecule has 1 aromatic carbocycles. The molecule has 0 saturated heterocycles. The van der Waals surface area contributed by atoms with Crippen LogP contribution in [0, 0.1) is 11.3 Å². The van der Waals surface area contributed by atoms with Crippen LogP contribution in [0.5, 0.6) is 0 Å². The van der Waals surface area contributed by atoms with E-state index in [0.717, 1.165) is 10.0 Å². The number of aromatic nitrogens is 2. The fourth-order valence-electron chi connectivity index (χ4n) is 1.37. The number of rotatable bonds is 3. The van der Waals surface area contributed by atoms with Gasteiger partial charge in [0.15, 0.2) is 6.61 Å². The maximum absolute atomic E-state index is 11.5. The van der Waals surface area contributed by atoms with Crippen LogP contribution in [0.15, 0.2) is 34.8 Å². The number of aromatic amines is 1. The second kappa shape index (κ2) is 5.47. The van der Waals surface area contributed by atoms with Gasteiger partial charge in [0.25, 0.3) is 0 Å². The third-order valence-electron chi connectivity index (χ3n) is 2.21. The molecular formula is C12H8BrN3O2. The molecule has 6 heteroatoms. The largest absolute Gasteiger partial charge is 0.446 e. The number of H-pyrrole nitrogens is 1. The first-order valence-corrected chi connectivity index (χ1v) is 5.85. The van der Waals surface area contributed by atoms with Crippen molar-refractivity contribution in [1.82, 2.24) is 10.2 Å². The zero-order valence-electron chi connectivity index (χ0n) is 9.18. The molecule has 5 nitrogen and oxygen atoms in total. The molecule has 0 saturated carbocycles. The van der Waals surface area contributed by atoms with Crippen LogP contribution < -0.4 is 0 Å². The summed E-state index contributed by atoms with van der Waals surface area (Å²) in [6.45, 7) is -0.272. The molecular weight excluding hydrogens is 298 g/mol. The van der Waals surface area contributed by atoms with Gasteiger partial charge < -0.3 is 4.74 Å². The second-order valence-corrected chi connectivity index (χ2v) is 4.32. The summed E-state index contributed by atoms with van der Waals surface area (Å²) in [6, 6.07) is 10.8. The Bertz CT molecular complexity index is 599. The predicted molar refractivity (Wildman–Crippen MR) is 67.6 cm³/mol. The van der Waals surface area contributed by atoms with Crippen LogP contribution in [0.3, 0.4) is 0 Å². The molecule has 0 aliphatic carbocycles. The minimum atomic E-state index is -0.590. The molecule has 1 N–H and O–H groups in total. The minimum absolute atomic E-state index is 0.225. The van der Waals surface area contributed by atoms with Crippen LogP contribution in [0.25, 0.3) is 11.3 Å². The van der Waals surface area contributed by atoms with Gasteiger partial charge in [0.1, 0.15) is 11.8 Å². The first-order valence-electron chi connectivity index (χ1n) is 5.06. The van der Waals surface area contributed by atoms with Crippen molar-refractivity contribution >= 4 is 21.9 Å². The Labute approximate surface area is 112 Å². The van der Waals surface area contributed by atoms with Crippen molar-refractivity contribution in [2.75, 3.05) is 6.61 Å². The van der Waals surface area contributed by atoms with Gasteiger partial charge in [-0.25, -0.2) is 4.79 Å². The lowest BCUT2D eigenvalue weighted by molar-refractivity contribution is 0.0548. The summed E-state index contributed by atoms with van der Waals surface area (Å²) in [7, 11) is 0. The molecule has 0 spiro atoms. The average molecular weight is 306 g/mol. The van der Waals surface area contributed by atoms with E-state index in [9.17, 15) is 4.79 Å². The van der Waals surface area contributed by atoms with Gasteiger partial charge in [-0.05, 0) is 18.2 Å². The minimum Gasteiger partial charge on any atom is -0.446 e. The summed E-state index contributed by atoms with van der Waals surface area (Å²) in [5.74, 6) is -0.590. The van der Waals surface area contributed by atoms with Crippen molar-refractivity contribution in [3.63, 3.8) is 0 Å². The number of hydrogen-bond donors (Lipinski definition) is 1. The molecule has 1 aromatic heterocycles. The lowest BCUT2D eigenvalue weighted by atomic mass is 10.1. The Morgan fingerprint density at radius 2 is 2.17 bits per heavy atom. The van der Waals surface area contributed by atoms with Crippen LogP contribution in [-0.4, -0.2) is 22.8 Å². The Hall–Kier alpha value is -2.13. The van der Waals surface area contributed by atoms with Crippen molar-refractivity contribution in [3.05, 3.63) is 40.5 Å². The lowest BCUT2D eigenvalue weighted by Crippen LogP contribution is -2.05. The summed E-state index contributed by atoms with van der Waals surface area (Å²) >= 11 is 3.34. The maximum Gasteiger partial charge on any atom is 0.357 e. The van der Waals surface area contributed by atoms with E-state index in [1.165, 1.54) is 0 Å². The van der Waals surface area contributed by atoms with E-state index >= 15 is 0 Å². The molecule has 0 radical (unpaired) electrons. The van der Waals surface area contributed by atoms with Gasteiger partial charge in [-0.1, -0.05) is 28.1 Å². The number of benzene rings is 1. The normalized spacial score (nSPS) is 9.78. The van der Waals surface area contributed by atoms with Gasteiger partial charge in [0.05, 0.1) is 5.69 Å². The van der Waals surface area contributed by atoms with E-state index in [2.05, 4.69) is 30.9 Å². The second-order valence-electron chi connectivity index (χ2n) is 3.41. The molecule has 2 aromatic rings. The molecule has 0 aliphatic heterocycles. The highest BCUT2D eigenvalue weighted by Crippen LogP contribution is 2.20. The van der Waals surface area contributed by atoms with E-state index in [1.807, 2.05) is 24.3 Å². The monoisotopic (exact) mass is 305 g/mol. The number of ether oxygens (including phenoxy) is 1. The van der Waals surface area contributed by atoms with Crippen molar-refractivity contribution in [2.45, 2.75) is 0 Å². The summed E-state index contributed by atoms with van der Waals surface area (Å²) < 4.78 is 5.63. The van der Waals surface area contributed by atoms with Crippen molar-refractivity contribution in [1.29, 1.82) is 5.26 Å². The molecule has 1 heterocycles. The van der Waals surface area contributed by atoms with E-state index < -0.39 is 5.97 Å². The molecule has 0 amide bonds. The van der Waals surface area contributed by atoms with Crippen LogP contribution in [0.4, 0.5) is 0 Å². The fourth-order valence-corrected chi connectivity index (χ4v) is 1.63. The summed E-state index contributed by atoms with van der Waals surface area (Å²) in [5.41, 5.74) is 1.75. The van der Waals surface area contributed by atoms with E-state index in [0.29, 0.717) is 5.69 Å². The molecule has 0 bridgehead atoms. The summed E-state index contributed by atoms with van der Waals surface area (Å²) in [6.07, 6.45) is 0. The Balaban J connectivity index is 2.18. The SMILES string of the molecule is N#CCOC(=O)c1cc(-c2ccc(Br)cc2)n[nH]1. The lowest BCUT2D eigenvalue weighted by Gasteiger charge is -1.96. The van der Waals surface area contributed by atoms with Gasteiger partial charge in [-0.2, -0.15) is 10.4 Å². The number of nitrogens with zero attached hydrogens (tertiary/aromatic N) is 2. The zero-order chi connectivity index (χ0) is 13.0. The van der Waals surface area contributed by atoms with Crippen molar-refractivity contribution in [2.24, 2.45) is 0 Å².